The molecule has 1 saturated heterocycles. The SMILES string of the molecule is CC(Oc1ccc(S(C)(=O)=O)cc1C(=O)N1CC2CC2(c2nc(C(C)(F)F)no2)C1)C(F)(F)F. The summed E-state index contributed by atoms with van der Waals surface area (Å²) in [6.07, 6.45) is -5.57. The summed E-state index contributed by atoms with van der Waals surface area (Å²) in [7, 11) is -3.78. The molecule has 14 heteroatoms. The van der Waals surface area contributed by atoms with Crippen molar-refractivity contribution >= 4 is 15.7 Å². The number of sulfone groups is 1. The highest BCUT2D eigenvalue weighted by atomic mass is 32.2. The second-order valence-corrected chi connectivity index (χ2v) is 10.8. The van der Waals surface area contributed by atoms with Crippen LogP contribution in [0.5, 0.6) is 5.75 Å². The van der Waals surface area contributed by atoms with Crippen LogP contribution in [0.15, 0.2) is 27.6 Å². The van der Waals surface area contributed by atoms with E-state index in [1.807, 2.05) is 0 Å². The first kappa shape index (κ1) is 24.4. The van der Waals surface area contributed by atoms with E-state index in [0.29, 0.717) is 13.3 Å². The summed E-state index contributed by atoms with van der Waals surface area (Å²) < 4.78 is 100.0. The van der Waals surface area contributed by atoms with Crippen molar-refractivity contribution in [3.8, 4) is 5.75 Å². The number of alkyl halides is 5. The molecule has 1 saturated carbocycles. The minimum atomic E-state index is -4.72. The third-order valence-corrected chi connectivity index (χ3v) is 7.16. The third kappa shape index (κ3) is 4.34. The smallest absolute Gasteiger partial charge is 0.425 e. The van der Waals surface area contributed by atoms with Crippen LogP contribution in [0.3, 0.4) is 0 Å². The molecular weight excluding hydrogens is 489 g/mol. The molecule has 2 aliphatic rings. The van der Waals surface area contributed by atoms with Gasteiger partial charge in [-0.25, -0.2) is 8.42 Å². The lowest BCUT2D eigenvalue weighted by atomic mass is 10.1. The van der Waals surface area contributed by atoms with Gasteiger partial charge in [-0.2, -0.15) is 26.9 Å². The zero-order valence-corrected chi connectivity index (χ0v) is 19.0. The maximum Gasteiger partial charge on any atom is 0.425 e. The number of carbonyl (C=O) groups excluding carboxylic acids is 1. The topological polar surface area (TPSA) is 103 Å². The lowest BCUT2D eigenvalue weighted by Gasteiger charge is -2.23. The third-order valence-electron chi connectivity index (χ3n) is 6.05. The zero-order chi connectivity index (χ0) is 25.3. The number of piperidine rings is 1. The van der Waals surface area contributed by atoms with Crippen LogP contribution in [0, 0.1) is 5.92 Å². The Bertz CT molecular complexity index is 1240. The highest BCUT2D eigenvalue weighted by Gasteiger charge is 2.65. The standard InChI is InChI=1S/C20H20F5N3O5S/c1-10(20(23,24)25)32-14-5-4-12(34(3,30)31)6-13(14)15(29)28-8-11-7-19(11,9-28)17-26-16(27-33-17)18(2,21)22/h4-6,10-11H,7-9H2,1-3H3. The van der Waals surface area contributed by atoms with E-state index in [4.69, 9.17) is 9.26 Å². The van der Waals surface area contributed by atoms with Crippen LogP contribution in [-0.4, -0.2) is 61.0 Å². The number of ether oxygens (including phenoxy) is 1. The number of aromatic nitrogens is 2. The van der Waals surface area contributed by atoms with Gasteiger partial charge in [-0.1, -0.05) is 5.16 Å². The molecule has 0 bridgehead atoms. The summed E-state index contributed by atoms with van der Waals surface area (Å²) >= 11 is 0. The number of hydrogen-bond donors (Lipinski definition) is 0. The van der Waals surface area contributed by atoms with Crippen molar-refractivity contribution in [1.29, 1.82) is 0 Å². The lowest BCUT2D eigenvalue weighted by Crippen LogP contribution is -2.35. The Morgan fingerprint density at radius 3 is 2.53 bits per heavy atom. The molecule has 2 fully saturated rings. The van der Waals surface area contributed by atoms with E-state index in [9.17, 15) is 35.2 Å². The van der Waals surface area contributed by atoms with Crippen LogP contribution in [0.1, 0.15) is 42.3 Å². The minimum Gasteiger partial charge on any atom is -0.480 e. The number of nitrogens with zero attached hydrogens (tertiary/aromatic N) is 3. The number of hydrogen-bond acceptors (Lipinski definition) is 7. The molecule has 8 nitrogen and oxygen atoms in total. The van der Waals surface area contributed by atoms with Crippen LogP contribution >= 0.6 is 0 Å². The van der Waals surface area contributed by atoms with E-state index in [1.165, 1.54) is 4.90 Å². The van der Waals surface area contributed by atoms with E-state index < -0.39 is 50.9 Å². The van der Waals surface area contributed by atoms with Gasteiger partial charge in [0.1, 0.15) is 5.75 Å². The van der Waals surface area contributed by atoms with Gasteiger partial charge in [0, 0.05) is 26.3 Å². The average molecular weight is 509 g/mol. The summed E-state index contributed by atoms with van der Waals surface area (Å²) in [5.74, 6) is -5.51. The predicted molar refractivity (Wildman–Crippen MR) is 105 cm³/mol. The van der Waals surface area contributed by atoms with Crippen molar-refractivity contribution in [1.82, 2.24) is 15.0 Å². The van der Waals surface area contributed by atoms with Gasteiger partial charge in [0.25, 0.3) is 5.91 Å². The van der Waals surface area contributed by atoms with E-state index in [-0.39, 0.29) is 35.4 Å². The number of amides is 1. The summed E-state index contributed by atoms with van der Waals surface area (Å²) in [6, 6.07) is 3.03. The van der Waals surface area contributed by atoms with Crippen LogP contribution in [0.25, 0.3) is 0 Å². The lowest BCUT2D eigenvalue weighted by molar-refractivity contribution is -0.189. The molecule has 1 aromatic heterocycles. The number of likely N-dealkylation sites (tertiary alicyclic amines) is 1. The molecule has 34 heavy (non-hydrogen) atoms. The predicted octanol–water partition coefficient (Wildman–Crippen LogP) is 3.33. The van der Waals surface area contributed by atoms with E-state index in [1.54, 1.807) is 0 Å². The summed E-state index contributed by atoms with van der Waals surface area (Å²) in [5.41, 5.74) is -1.19. The molecule has 1 aliphatic carbocycles. The van der Waals surface area contributed by atoms with Gasteiger partial charge in [0.05, 0.1) is 15.9 Å². The molecule has 0 N–H and O–H groups in total. The molecule has 2 aromatic rings. The monoisotopic (exact) mass is 509 g/mol. The first-order chi connectivity index (χ1) is 15.5. The van der Waals surface area contributed by atoms with Gasteiger partial charge >= 0.3 is 12.1 Å². The minimum absolute atomic E-state index is 0.00914. The Hall–Kier alpha value is -2.77. The van der Waals surface area contributed by atoms with Crippen molar-refractivity contribution in [2.24, 2.45) is 5.92 Å². The Kier molecular flexibility index (Phi) is 5.46. The fourth-order valence-corrected chi connectivity index (χ4v) is 4.66. The Labute approximate surface area is 191 Å². The first-order valence-electron chi connectivity index (χ1n) is 10.1. The quantitative estimate of drug-likeness (QED) is 0.551. The molecule has 1 amide bonds. The van der Waals surface area contributed by atoms with Crippen LogP contribution in [0.4, 0.5) is 22.0 Å². The second-order valence-electron chi connectivity index (χ2n) is 8.79. The van der Waals surface area contributed by atoms with Crippen molar-refractivity contribution in [3.05, 3.63) is 35.5 Å². The molecule has 3 unspecified atom stereocenters. The highest BCUT2D eigenvalue weighted by molar-refractivity contribution is 7.90. The number of benzene rings is 1. The molecule has 0 spiro atoms. The van der Waals surface area contributed by atoms with Crippen molar-refractivity contribution in [3.63, 3.8) is 0 Å². The molecule has 3 atom stereocenters. The molecule has 1 aromatic carbocycles. The maximum absolute atomic E-state index is 13.5. The molecular formula is C20H20F5N3O5S. The zero-order valence-electron chi connectivity index (χ0n) is 18.2. The Balaban J connectivity index is 1.63. The average Bonchev–Trinajstić information content (AvgIpc) is 3.07. The van der Waals surface area contributed by atoms with Gasteiger partial charge < -0.3 is 14.2 Å². The first-order valence-corrected chi connectivity index (χ1v) is 12.0. The fourth-order valence-electron chi connectivity index (χ4n) is 4.01. The molecule has 1 aliphatic heterocycles. The maximum atomic E-state index is 13.5. The summed E-state index contributed by atoms with van der Waals surface area (Å²) in [6.45, 7) is 1.52. The van der Waals surface area contributed by atoms with Gasteiger partial charge in [-0.05, 0) is 37.5 Å². The highest BCUT2D eigenvalue weighted by Crippen LogP contribution is 2.59. The van der Waals surface area contributed by atoms with E-state index in [0.717, 1.165) is 31.4 Å². The van der Waals surface area contributed by atoms with Gasteiger partial charge in [0.2, 0.25) is 11.7 Å². The number of carbonyl (C=O) groups is 1. The van der Waals surface area contributed by atoms with Crippen LogP contribution in [-0.2, 0) is 21.2 Å². The van der Waals surface area contributed by atoms with Crippen molar-refractivity contribution < 1.29 is 44.4 Å². The summed E-state index contributed by atoms with van der Waals surface area (Å²) in [5, 5.41) is 3.31. The molecule has 0 radical (unpaired) electrons. The normalized spacial score (nSPS) is 23.5. The summed E-state index contributed by atoms with van der Waals surface area (Å²) in [4.78, 5) is 18.1. The van der Waals surface area contributed by atoms with E-state index in [2.05, 4.69) is 10.1 Å². The molecule has 186 valence electrons. The van der Waals surface area contributed by atoms with Gasteiger partial charge in [0.15, 0.2) is 15.9 Å². The second kappa shape index (κ2) is 7.62. The Morgan fingerprint density at radius 1 is 1.29 bits per heavy atom. The number of fused-ring (bicyclic) bond motifs is 1. The Morgan fingerprint density at radius 2 is 1.97 bits per heavy atom. The number of halogens is 5. The number of rotatable bonds is 6. The molecule has 2 heterocycles. The van der Waals surface area contributed by atoms with Crippen molar-refractivity contribution in [2.75, 3.05) is 19.3 Å². The van der Waals surface area contributed by atoms with Crippen LogP contribution < -0.4 is 4.74 Å². The van der Waals surface area contributed by atoms with Crippen molar-refractivity contribution in [2.45, 2.75) is 48.8 Å². The van der Waals surface area contributed by atoms with E-state index >= 15 is 0 Å². The van der Waals surface area contributed by atoms with Crippen LogP contribution in [0.2, 0.25) is 0 Å². The van der Waals surface area contributed by atoms with Gasteiger partial charge in [-0.15, -0.1) is 0 Å². The fraction of sp³-hybridized carbons (Fsp3) is 0.550. The molecule has 4 rings (SSSR count). The van der Waals surface area contributed by atoms with Gasteiger partial charge in [-0.3, -0.25) is 4.79 Å². The largest absolute Gasteiger partial charge is 0.480 e.